The van der Waals surface area contributed by atoms with E-state index in [4.69, 9.17) is 4.52 Å². The van der Waals surface area contributed by atoms with Crippen LogP contribution in [0.25, 0.3) is 0 Å². The summed E-state index contributed by atoms with van der Waals surface area (Å²) in [6.45, 7) is 2.44. The van der Waals surface area contributed by atoms with Crippen LogP contribution in [-0.4, -0.2) is 39.0 Å². The van der Waals surface area contributed by atoms with E-state index in [0.29, 0.717) is 24.7 Å². The van der Waals surface area contributed by atoms with Gasteiger partial charge < -0.3 is 14.7 Å². The first kappa shape index (κ1) is 14.6. The molecule has 116 valence electrons. The zero-order valence-corrected chi connectivity index (χ0v) is 12.7. The highest BCUT2D eigenvalue weighted by atomic mass is 16.5. The second-order valence-corrected chi connectivity index (χ2v) is 5.39. The molecule has 0 saturated carbocycles. The molecule has 2 aromatic heterocycles. The normalized spacial score (nSPS) is 21.5. The highest BCUT2D eigenvalue weighted by Gasteiger charge is 2.38. The van der Waals surface area contributed by atoms with Gasteiger partial charge in [-0.1, -0.05) is 18.1 Å². The van der Waals surface area contributed by atoms with Crippen molar-refractivity contribution in [1.82, 2.24) is 25.3 Å². The minimum Gasteiger partial charge on any atom is -0.339 e. The van der Waals surface area contributed by atoms with Gasteiger partial charge in [0.15, 0.2) is 5.82 Å². The Bertz CT molecular complexity index is 642. The van der Waals surface area contributed by atoms with Gasteiger partial charge in [-0.3, -0.25) is 9.78 Å². The van der Waals surface area contributed by atoms with Gasteiger partial charge in [0, 0.05) is 38.3 Å². The van der Waals surface area contributed by atoms with Crippen molar-refractivity contribution in [2.45, 2.75) is 38.4 Å². The van der Waals surface area contributed by atoms with Crippen molar-refractivity contribution in [2.75, 3.05) is 7.05 Å². The van der Waals surface area contributed by atoms with Crippen molar-refractivity contribution < 1.29 is 9.32 Å². The molecular weight excluding hydrogens is 282 g/mol. The standard InChI is InChI=1S/C15H19N5O2/c1-3-13-18-12(19-22-13)9-17-11-7-14(21)20(2)15(11)10-5-4-6-16-8-10/h4-6,8,11,15,17H,3,7,9H2,1-2H3/t11-,15+/m1/s1. The SMILES string of the molecule is CCc1nc(CN[C@@H]2CC(=O)N(C)[C@H]2c2cccnc2)no1. The fourth-order valence-corrected chi connectivity index (χ4v) is 2.79. The summed E-state index contributed by atoms with van der Waals surface area (Å²) in [6.07, 6.45) is 4.71. The predicted octanol–water partition coefficient (Wildman–Crippen LogP) is 1.09. The van der Waals surface area contributed by atoms with Crippen LogP contribution < -0.4 is 5.32 Å². The summed E-state index contributed by atoms with van der Waals surface area (Å²) in [4.78, 5) is 22.2. The van der Waals surface area contributed by atoms with E-state index in [2.05, 4.69) is 20.4 Å². The summed E-state index contributed by atoms with van der Waals surface area (Å²) in [5.74, 6) is 1.36. The van der Waals surface area contributed by atoms with Crippen molar-refractivity contribution in [3.05, 3.63) is 41.8 Å². The van der Waals surface area contributed by atoms with Crippen LogP contribution in [0.5, 0.6) is 0 Å². The lowest BCUT2D eigenvalue weighted by Crippen LogP contribution is -2.35. The van der Waals surface area contributed by atoms with Gasteiger partial charge in [0.25, 0.3) is 0 Å². The fourth-order valence-electron chi connectivity index (χ4n) is 2.79. The fraction of sp³-hybridized carbons (Fsp3) is 0.467. The molecule has 1 aliphatic rings. The molecule has 0 unspecified atom stereocenters. The maximum absolute atomic E-state index is 12.0. The lowest BCUT2D eigenvalue weighted by atomic mass is 10.0. The molecule has 3 rings (SSSR count). The van der Waals surface area contributed by atoms with Gasteiger partial charge in [0.2, 0.25) is 11.8 Å². The second kappa shape index (κ2) is 6.23. The molecule has 1 amide bonds. The number of pyridine rings is 1. The molecule has 1 N–H and O–H groups in total. The molecule has 7 nitrogen and oxygen atoms in total. The molecule has 1 fully saturated rings. The van der Waals surface area contributed by atoms with Crippen LogP contribution in [0.15, 0.2) is 29.0 Å². The molecule has 0 radical (unpaired) electrons. The number of aromatic nitrogens is 3. The van der Waals surface area contributed by atoms with Crippen molar-refractivity contribution in [3.8, 4) is 0 Å². The summed E-state index contributed by atoms with van der Waals surface area (Å²) < 4.78 is 5.09. The Morgan fingerprint density at radius 2 is 2.36 bits per heavy atom. The third-order valence-electron chi connectivity index (χ3n) is 3.95. The quantitative estimate of drug-likeness (QED) is 0.890. The van der Waals surface area contributed by atoms with Crippen molar-refractivity contribution in [2.24, 2.45) is 0 Å². The molecule has 0 bridgehead atoms. The zero-order chi connectivity index (χ0) is 15.5. The number of hydrogen-bond acceptors (Lipinski definition) is 6. The Labute approximate surface area is 128 Å². The van der Waals surface area contributed by atoms with E-state index in [1.165, 1.54) is 0 Å². The average Bonchev–Trinajstić information content (AvgIpc) is 3.11. The lowest BCUT2D eigenvalue weighted by Gasteiger charge is -2.25. The number of nitrogens with zero attached hydrogens (tertiary/aromatic N) is 4. The van der Waals surface area contributed by atoms with Gasteiger partial charge in [0.1, 0.15) is 0 Å². The molecule has 0 aliphatic carbocycles. The predicted molar refractivity (Wildman–Crippen MR) is 78.7 cm³/mol. The number of carbonyl (C=O) groups is 1. The Morgan fingerprint density at radius 1 is 1.50 bits per heavy atom. The Balaban J connectivity index is 1.72. The highest BCUT2D eigenvalue weighted by molar-refractivity contribution is 5.80. The molecule has 1 aliphatic heterocycles. The van der Waals surface area contributed by atoms with E-state index in [-0.39, 0.29) is 18.0 Å². The smallest absolute Gasteiger partial charge is 0.226 e. The van der Waals surface area contributed by atoms with Crippen LogP contribution >= 0.6 is 0 Å². The van der Waals surface area contributed by atoms with Crippen LogP contribution in [0.2, 0.25) is 0 Å². The van der Waals surface area contributed by atoms with Crippen LogP contribution in [0.3, 0.4) is 0 Å². The van der Waals surface area contributed by atoms with Gasteiger partial charge in [0.05, 0.1) is 12.6 Å². The molecular formula is C15H19N5O2. The molecule has 0 spiro atoms. The monoisotopic (exact) mass is 301 g/mol. The number of aryl methyl sites for hydroxylation is 1. The molecule has 22 heavy (non-hydrogen) atoms. The molecule has 2 aromatic rings. The topological polar surface area (TPSA) is 84.2 Å². The number of likely N-dealkylation sites (N-methyl/N-ethyl adjacent to an activating group) is 1. The van der Waals surface area contributed by atoms with E-state index in [1.807, 2.05) is 26.1 Å². The van der Waals surface area contributed by atoms with Crippen LogP contribution in [-0.2, 0) is 17.8 Å². The van der Waals surface area contributed by atoms with Gasteiger partial charge in [-0.25, -0.2) is 0 Å². The minimum absolute atomic E-state index is 0.00489. The van der Waals surface area contributed by atoms with Gasteiger partial charge >= 0.3 is 0 Å². The Morgan fingerprint density at radius 3 is 3.05 bits per heavy atom. The molecule has 2 atom stereocenters. The number of nitrogens with one attached hydrogen (secondary N) is 1. The number of amides is 1. The van der Waals surface area contributed by atoms with Crippen LogP contribution in [0.4, 0.5) is 0 Å². The summed E-state index contributed by atoms with van der Waals surface area (Å²) in [5.41, 5.74) is 1.02. The van der Waals surface area contributed by atoms with E-state index >= 15 is 0 Å². The lowest BCUT2D eigenvalue weighted by molar-refractivity contribution is -0.127. The Kier molecular flexibility index (Phi) is 4.15. The van der Waals surface area contributed by atoms with Gasteiger partial charge in [-0.2, -0.15) is 4.98 Å². The van der Waals surface area contributed by atoms with E-state index in [9.17, 15) is 4.79 Å². The van der Waals surface area contributed by atoms with Crippen LogP contribution in [0.1, 0.15) is 36.7 Å². The third-order valence-corrected chi connectivity index (χ3v) is 3.95. The molecule has 3 heterocycles. The number of rotatable bonds is 5. The van der Waals surface area contributed by atoms with E-state index in [0.717, 1.165) is 12.0 Å². The van der Waals surface area contributed by atoms with Crippen LogP contribution in [0, 0.1) is 0 Å². The average molecular weight is 301 g/mol. The number of hydrogen-bond donors (Lipinski definition) is 1. The first-order chi connectivity index (χ1) is 10.7. The maximum atomic E-state index is 12.0. The first-order valence-corrected chi connectivity index (χ1v) is 7.39. The maximum Gasteiger partial charge on any atom is 0.226 e. The Hall–Kier alpha value is -2.28. The summed E-state index contributed by atoms with van der Waals surface area (Å²) in [5, 5.41) is 7.29. The minimum atomic E-state index is -0.0289. The van der Waals surface area contributed by atoms with Gasteiger partial charge in [-0.15, -0.1) is 0 Å². The number of likely N-dealkylation sites (tertiary alicyclic amines) is 1. The van der Waals surface area contributed by atoms with Crippen molar-refractivity contribution in [1.29, 1.82) is 0 Å². The summed E-state index contributed by atoms with van der Waals surface area (Å²) in [7, 11) is 1.82. The molecule has 0 aromatic carbocycles. The van der Waals surface area contributed by atoms with Gasteiger partial charge in [-0.05, 0) is 11.6 Å². The summed E-state index contributed by atoms with van der Waals surface area (Å²) in [6, 6.07) is 3.85. The summed E-state index contributed by atoms with van der Waals surface area (Å²) >= 11 is 0. The zero-order valence-electron chi connectivity index (χ0n) is 12.7. The second-order valence-electron chi connectivity index (χ2n) is 5.39. The van der Waals surface area contributed by atoms with Crippen molar-refractivity contribution in [3.63, 3.8) is 0 Å². The first-order valence-electron chi connectivity index (χ1n) is 7.39. The molecule has 1 saturated heterocycles. The third kappa shape index (κ3) is 2.85. The van der Waals surface area contributed by atoms with E-state index < -0.39 is 0 Å². The highest BCUT2D eigenvalue weighted by Crippen LogP contribution is 2.31. The van der Waals surface area contributed by atoms with Crippen molar-refractivity contribution >= 4 is 5.91 Å². The molecule has 7 heteroatoms. The number of carbonyl (C=O) groups excluding carboxylic acids is 1. The largest absolute Gasteiger partial charge is 0.339 e. The van der Waals surface area contributed by atoms with E-state index in [1.54, 1.807) is 17.3 Å².